The van der Waals surface area contributed by atoms with E-state index in [1.54, 1.807) is 6.26 Å². The van der Waals surface area contributed by atoms with Gasteiger partial charge in [-0.1, -0.05) is 32.9 Å². The van der Waals surface area contributed by atoms with Crippen LogP contribution < -0.4 is 5.32 Å². The Morgan fingerprint density at radius 2 is 1.95 bits per heavy atom. The van der Waals surface area contributed by atoms with E-state index in [0.717, 1.165) is 16.8 Å². The molecule has 0 saturated carbocycles. The van der Waals surface area contributed by atoms with Gasteiger partial charge in [-0.15, -0.1) is 0 Å². The molecule has 1 atom stereocenters. The highest BCUT2D eigenvalue weighted by molar-refractivity contribution is 7.83. The van der Waals surface area contributed by atoms with Crippen LogP contribution in [0.5, 0.6) is 0 Å². The lowest BCUT2D eigenvalue weighted by molar-refractivity contribution is -0.117. The summed E-state index contributed by atoms with van der Waals surface area (Å²) < 4.78 is 11.3. The van der Waals surface area contributed by atoms with Crippen LogP contribution in [0.2, 0.25) is 0 Å². The molecule has 4 heteroatoms. The van der Waals surface area contributed by atoms with E-state index in [-0.39, 0.29) is 11.3 Å². The van der Waals surface area contributed by atoms with E-state index in [1.807, 2.05) is 45.9 Å². The molecule has 19 heavy (non-hydrogen) atoms. The summed E-state index contributed by atoms with van der Waals surface area (Å²) in [4.78, 5) is 11.9. The molecule has 0 aliphatic rings. The average Bonchev–Trinajstić information content (AvgIpc) is 2.20. The summed E-state index contributed by atoms with van der Waals surface area (Å²) in [6.45, 7) is 8.07. The Hall–Kier alpha value is -1.16. The molecule has 106 valence electrons. The highest BCUT2D eigenvalue weighted by Crippen LogP contribution is 2.23. The minimum atomic E-state index is -0.876. The van der Waals surface area contributed by atoms with E-state index >= 15 is 0 Å². The summed E-state index contributed by atoms with van der Waals surface area (Å²) in [6, 6.07) is 5.73. The summed E-state index contributed by atoms with van der Waals surface area (Å²) in [7, 11) is -0.876. The van der Waals surface area contributed by atoms with Crippen LogP contribution in [-0.4, -0.2) is 16.4 Å². The van der Waals surface area contributed by atoms with Gasteiger partial charge in [0.2, 0.25) is 5.91 Å². The highest BCUT2D eigenvalue weighted by atomic mass is 32.2. The largest absolute Gasteiger partial charge is 0.326 e. The van der Waals surface area contributed by atoms with Crippen LogP contribution in [-0.2, 0) is 21.3 Å². The molecular weight excluding hydrogens is 258 g/mol. The van der Waals surface area contributed by atoms with Gasteiger partial charge in [-0.25, -0.2) is 0 Å². The van der Waals surface area contributed by atoms with Crippen molar-refractivity contribution < 1.29 is 9.00 Å². The number of nitrogens with one attached hydrogen (secondary N) is 1. The van der Waals surface area contributed by atoms with E-state index in [0.29, 0.717) is 12.2 Å². The number of hydrogen-bond acceptors (Lipinski definition) is 2. The van der Waals surface area contributed by atoms with Crippen molar-refractivity contribution in [2.45, 2.75) is 39.9 Å². The highest BCUT2D eigenvalue weighted by Gasteiger charge is 2.16. The Bertz CT molecular complexity index is 489. The Morgan fingerprint density at radius 1 is 1.32 bits per heavy atom. The molecule has 1 N–H and O–H groups in total. The van der Waals surface area contributed by atoms with Gasteiger partial charge in [-0.3, -0.25) is 9.00 Å². The first kappa shape index (κ1) is 15.9. The lowest BCUT2D eigenvalue weighted by atomic mass is 9.92. The molecule has 1 rings (SSSR count). The van der Waals surface area contributed by atoms with E-state index in [9.17, 15) is 9.00 Å². The van der Waals surface area contributed by atoms with Gasteiger partial charge in [0.05, 0.1) is 0 Å². The third-order valence-corrected chi connectivity index (χ3v) is 3.49. The number of carbonyl (C=O) groups is 1. The van der Waals surface area contributed by atoms with Gasteiger partial charge in [0.1, 0.15) is 0 Å². The van der Waals surface area contributed by atoms with Crippen molar-refractivity contribution in [2.24, 2.45) is 5.41 Å². The second-order valence-corrected chi connectivity index (χ2v) is 7.53. The normalized spacial score (nSPS) is 13.1. The van der Waals surface area contributed by atoms with Gasteiger partial charge in [-0.05, 0) is 29.5 Å². The summed E-state index contributed by atoms with van der Waals surface area (Å²) in [5, 5.41) is 2.94. The zero-order valence-electron chi connectivity index (χ0n) is 12.4. The molecule has 0 spiro atoms. The van der Waals surface area contributed by atoms with Gasteiger partial charge in [-0.2, -0.15) is 0 Å². The van der Waals surface area contributed by atoms with Gasteiger partial charge in [0.15, 0.2) is 0 Å². The predicted molar refractivity (Wildman–Crippen MR) is 81.7 cm³/mol. The lowest BCUT2D eigenvalue weighted by Gasteiger charge is -2.18. The van der Waals surface area contributed by atoms with Crippen molar-refractivity contribution in [1.29, 1.82) is 0 Å². The molecule has 1 unspecified atom stereocenters. The molecule has 0 heterocycles. The maximum Gasteiger partial charge on any atom is 0.224 e. The third kappa shape index (κ3) is 5.55. The van der Waals surface area contributed by atoms with Crippen molar-refractivity contribution in [3.05, 3.63) is 29.3 Å². The van der Waals surface area contributed by atoms with E-state index < -0.39 is 10.8 Å². The zero-order chi connectivity index (χ0) is 14.6. The Kier molecular flexibility index (Phi) is 5.29. The average molecular weight is 281 g/mol. The number of amides is 1. The molecule has 0 aromatic heterocycles. The van der Waals surface area contributed by atoms with Crippen LogP contribution in [0.3, 0.4) is 0 Å². The number of carbonyl (C=O) groups excluding carboxylic acids is 1. The second-order valence-electron chi connectivity index (χ2n) is 6.09. The summed E-state index contributed by atoms with van der Waals surface area (Å²) in [5.74, 6) is 0.541. The Labute approximate surface area is 118 Å². The predicted octanol–water partition coefficient (Wildman–Crippen LogP) is 3.25. The Balaban J connectivity index is 2.85. The van der Waals surface area contributed by atoms with Crippen molar-refractivity contribution in [2.75, 3.05) is 11.6 Å². The van der Waals surface area contributed by atoms with Crippen molar-refractivity contribution in [3.63, 3.8) is 0 Å². The van der Waals surface area contributed by atoms with Crippen LogP contribution in [0.15, 0.2) is 18.2 Å². The van der Waals surface area contributed by atoms with Crippen LogP contribution in [0, 0.1) is 12.3 Å². The molecule has 0 fully saturated rings. The van der Waals surface area contributed by atoms with E-state index in [1.165, 1.54) is 0 Å². The fraction of sp³-hybridized carbons (Fsp3) is 0.533. The quantitative estimate of drug-likeness (QED) is 0.921. The SMILES string of the molecule is Cc1c(CS(C)=O)cccc1NC(=O)CC(C)(C)C. The van der Waals surface area contributed by atoms with Crippen molar-refractivity contribution >= 4 is 22.4 Å². The van der Waals surface area contributed by atoms with E-state index in [2.05, 4.69) is 5.32 Å². The molecule has 0 aliphatic heterocycles. The topological polar surface area (TPSA) is 46.2 Å². The maximum absolute atomic E-state index is 11.9. The summed E-state index contributed by atoms with van der Waals surface area (Å²) in [5.41, 5.74) is 2.81. The molecule has 0 radical (unpaired) electrons. The number of hydrogen-bond donors (Lipinski definition) is 1. The first-order valence-electron chi connectivity index (χ1n) is 6.37. The fourth-order valence-corrected chi connectivity index (χ4v) is 2.62. The van der Waals surface area contributed by atoms with Crippen molar-refractivity contribution in [1.82, 2.24) is 0 Å². The zero-order valence-corrected chi connectivity index (χ0v) is 13.2. The van der Waals surface area contributed by atoms with Gasteiger partial charge in [0.25, 0.3) is 0 Å². The molecule has 0 bridgehead atoms. The summed E-state index contributed by atoms with van der Waals surface area (Å²) in [6.07, 6.45) is 2.17. The van der Waals surface area contributed by atoms with Crippen LogP contribution >= 0.6 is 0 Å². The van der Waals surface area contributed by atoms with Crippen LogP contribution in [0.25, 0.3) is 0 Å². The fourth-order valence-electron chi connectivity index (χ4n) is 1.87. The van der Waals surface area contributed by atoms with Crippen molar-refractivity contribution in [3.8, 4) is 0 Å². The standard InChI is InChI=1S/C15H23NO2S/c1-11-12(10-19(5)18)7-6-8-13(11)16-14(17)9-15(2,3)4/h6-8H,9-10H2,1-5H3,(H,16,17). The van der Waals surface area contributed by atoms with Crippen LogP contribution in [0.4, 0.5) is 5.69 Å². The molecule has 0 aliphatic carbocycles. The smallest absolute Gasteiger partial charge is 0.224 e. The summed E-state index contributed by atoms with van der Waals surface area (Å²) >= 11 is 0. The van der Waals surface area contributed by atoms with E-state index in [4.69, 9.17) is 0 Å². The lowest BCUT2D eigenvalue weighted by Crippen LogP contribution is -2.20. The van der Waals surface area contributed by atoms with Gasteiger partial charge >= 0.3 is 0 Å². The van der Waals surface area contributed by atoms with Crippen LogP contribution in [0.1, 0.15) is 38.3 Å². The molecule has 1 aromatic rings. The molecule has 0 saturated heterocycles. The van der Waals surface area contributed by atoms with Gasteiger partial charge in [0, 0.05) is 34.9 Å². The first-order chi connectivity index (χ1) is 8.69. The van der Waals surface area contributed by atoms with Gasteiger partial charge < -0.3 is 5.32 Å². The third-order valence-electron chi connectivity index (χ3n) is 2.77. The minimum absolute atomic E-state index is 0.0189. The molecule has 1 amide bonds. The minimum Gasteiger partial charge on any atom is -0.326 e. The molecule has 1 aromatic carbocycles. The maximum atomic E-state index is 11.9. The molecular formula is C15H23NO2S. The monoisotopic (exact) mass is 281 g/mol. The second kappa shape index (κ2) is 6.33. The molecule has 3 nitrogen and oxygen atoms in total. The first-order valence-corrected chi connectivity index (χ1v) is 8.10. The number of benzene rings is 1. The number of anilines is 1. The Morgan fingerprint density at radius 3 is 2.47 bits per heavy atom. The number of rotatable bonds is 4.